The second-order valence-corrected chi connectivity index (χ2v) is 22.0. The summed E-state index contributed by atoms with van der Waals surface area (Å²) in [4.78, 5) is 0. The van der Waals surface area contributed by atoms with Crippen LogP contribution in [0.4, 0.5) is 0 Å². The van der Waals surface area contributed by atoms with Gasteiger partial charge in [0, 0.05) is 22.3 Å². The van der Waals surface area contributed by atoms with E-state index in [2.05, 4.69) is 121 Å². The molecule has 0 N–H and O–H groups in total. The lowest BCUT2D eigenvalue weighted by molar-refractivity contribution is 0.195. The van der Waals surface area contributed by atoms with Crippen molar-refractivity contribution in [1.82, 2.24) is 0 Å². The quantitative estimate of drug-likeness (QED) is 0.0607. The molecule has 0 radical (unpaired) electrons. The smallest absolute Gasteiger partial charge is 0.126 e. The fourth-order valence-electron chi connectivity index (χ4n) is 8.95. The fraction of sp³-hybridized carbons (Fsp3) is 0.778. The standard InChI is InChI=1S/C54H90O4/c1-15-19-23-29-49(5,6)43-33-41(34-44(50(7,8)30-24-20-16-2)47(43)55-37-53(13)39-57-53)27-28-42-35-45(51(9,10)31-25-21-17-3)48(56-38-54(14)40-58-54)46(36-42)52(11,12)32-26-22-18-4/h33-36H,15-32,37-40H2,1-14H3. The summed E-state index contributed by atoms with van der Waals surface area (Å²) in [5.74, 6) is 2.26. The Labute approximate surface area is 358 Å². The third-order valence-electron chi connectivity index (χ3n) is 13.9. The Morgan fingerprint density at radius 3 is 0.897 bits per heavy atom. The summed E-state index contributed by atoms with van der Waals surface area (Å²) in [6.07, 6.45) is 21.5. The van der Waals surface area contributed by atoms with Gasteiger partial charge in [0.1, 0.15) is 35.9 Å². The molecule has 0 saturated carbocycles. The number of epoxide rings is 2. The molecule has 2 atom stereocenters. The molecule has 2 aliphatic rings. The molecule has 2 aliphatic heterocycles. The minimum Gasteiger partial charge on any atom is -0.490 e. The van der Waals surface area contributed by atoms with E-state index in [1.165, 1.54) is 110 Å². The highest BCUT2D eigenvalue weighted by molar-refractivity contribution is 5.53. The molecule has 4 heteroatoms. The Morgan fingerprint density at radius 1 is 0.448 bits per heavy atom. The Hall–Kier alpha value is -2.04. The molecule has 2 heterocycles. The second kappa shape index (κ2) is 20.7. The van der Waals surface area contributed by atoms with Crippen molar-refractivity contribution in [2.45, 2.75) is 245 Å². The predicted octanol–water partition coefficient (Wildman–Crippen LogP) is 15.2. The van der Waals surface area contributed by atoms with Crippen molar-refractivity contribution in [3.8, 4) is 11.5 Å². The van der Waals surface area contributed by atoms with E-state index >= 15 is 0 Å². The number of aryl methyl sites for hydroxylation is 2. The normalized spacial score (nSPS) is 19.8. The maximum Gasteiger partial charge on any atom is 0.126 e. The zero-order valence-electron chi connectivity index (χ0n) is 40.5. The first-order valence-electron chi connectivity index (χ1n) is 24.1. The highest BCUT2D eigenvalue weighted by atomic mass is 16.6. The van der Waals surface area contributed by atoms with Crippen LogP contribution in [-0.2, 0) is 44.0 Å². The lowest BCUT2D eigenvalue weighted by atomic mass is 9.72. The predicted molar refractivity (Wildman–Crippen MR) is 249 cm³/mol. The Bertz CT molecular complexity index is 1370. The first-order valence-corrected chi connectivity index (χ1v) is 24.1. The van der Waals surface area contributed by atoms with Crippen LogP contribution >= 0.6 is 0 Å². The van der Waals surface area contributed by atoms with Gasteiger partial charge in [-0.05, 0) is 85.2 Å². The van der Waals surface area contributed by atoms with Crippen LogP contribution in [0.15, 0.2) is 24.3 Å². The molecule has 4 nitrogen and oxygen atoms in total. The van der Waals surface area contributed by atoms with Gasteiger partial charge in [-0.15, -0.1) is 0 Å². The van der Waals surface area contributed by atoms with Crippen LogP contribution in [0.1, 0.15) is 233 Å². The van der Waals surface area contributed by atoms with Gasteiger partial charge in [0.15, 0.2) is 0 Å². The van der Waals surface area contributed by atoms with Crippen LogP contribution in [0, 0.1) is 0 Å². The molecule has 0 bridgehead atoms. The van der Waals surface area contributed by atoms with Gasteiger partial charge in [-0.1, -0.05) is 184 Å². The maximum absolute atomic E-state index is 7.00. The summed E-state index contributed by atoms with van der Waals surface area (Å²) in [6, 6.07) is 10.2. The molecule has 0 aromatic heterocycles. The molecule has 2 aromatic rings. The molecule has 2 unspecified atom stereocenters. The van der Waals surface area contributed by atoms with Crippen molar-refractivity contribution in [1.29, 1.82) is 0 Å². The second-order valence-electron chi connectivity index (χ2n) is 22.0. The first-order chi connectivity index (χ1) is 27.3. The number of unbranched alkanes of at least 4 members (excludes halogenated alkanes) is 8. The molecule has 58 heavy (non-hydrogen) atoms. The van der Waals surface area contributed by atoms with Crippen LogP contribution in [0.3, 0.4) is 0 Å². The minimum atomic E-state index is -0.171. The molecule has 0 spiro atoms. The van der Waals surface area contributed by atoms with Crippen LogP contribution in [-0.4, -0.2) is 37.6 Å². The molecular weight excluding hydrogens is 713 g/mol. The largest absolute Gasteiger partial charge is 0.490 e. The first kappa shape index (κ1) is 48.6. The average molecular weight is 803 g/mol. The Kier molecular flexibility index (Phi) is 17.3. The van der Waals surface area contributed by atoms with Crippen molar-refractivity contribution in [3.05, 3.63) is 57.6 Å². The van der Waals surface area contributed by atoms with Gasteiger partial charge in [0.2, 0.25) is 0 Å². The molecule has 4 rings (SSSR count). The van der Waals surface area contributed by atoms with E-state index in [9.17, 15) is 0 Å². The average Bonchev–Trinajstić information content (AvgIpc) is 4.10. The van der Waals surface area contributed by atoms with Crippen molar-refractivity contribution in [2.24, 2.45) is 0 Å². The van der Waals surface area contributed by atoms with Gasteiger partial charge in [-0.3, -0.25) is 0 Å². The molecule has 2 saturated heterocycles. The molecular formula is C54H90O4. The van der Waals surface area contributed by atoms with Crippen LogP contribution < -0.4 is 9.47 Å². The highest BCUT2D eigenvalue weighted by Crippen LogP contribution is 2.48. The van der Waals surface area contributed by atoms with E-state index in [4.69, 9.17) is 18.9 Å². The summed E-state index contributed by atoms with van der Waals surface area (Å²) >= 11 is 0. The summed E-state index contributed by atoms with van der Waals surface area (Å²) < 4.78 is 25.7. The number of rotatable bonds is 29. The maximum atomic E-state index is 7.00. The van der Waals surface area contributed by atoms with Gasteiger partial charge in [-0.2, -0.15) is 0 Å². The van der Waals surface area contributed by atoms with E-state index < -0.39 is 0 Å². The van der Waals surface area contributed by atoms with Crippen LogP contribution in [0.5, 0.6) is 11.5 Å². The van der Waals surface area contributed by atoms with E-state index in [-0.39, 0.29) is 32.9 Å². The van der Waals surface area contributed by atoms with Crippen molar-refractivity contribution >= 4 is 0 Å². The molecule has 2 aromatic carbocycles. The number of ether oxygens (including phenoxy) is 4. The topological polar surface area (TPSA) is 43.5 Å². The lowest BCUT2D eigenvalue weighted by Crippen LogP contribution is -2.27. The van der Waals surface area contributed by atoms with Gasteiger partial charge in [0.05, 0.1) is 13.2 Å². The zero-order chi connectivity index (χ0) is 42.8. The van der Waals surface area contributed by atoms with Gasteiger partial charge in [0.25, 0.3) is 0 Å². The molecule has 330 valence electrons. The van der Waals surface area contributed by atoms with Crippen LogP contribution in [0.2, 0.25) is 0 Å². The third kappa shape index (κ3) is 13.7. The van der Waals surface area contributed by atoms with Gasteiger partial charge < -0.3 is 18.9 Å². The lowest BCUT2D eigenvalue weighted by Gasteiger charge is -2.35. The van der Waals surface area contributed by atoms with Gasteiger partial charge >= 0.3 is 0 Å². The summed E-state index contributed by atoms with van der Waals surface area (Å²) in [6.45, 7) is 36.1. The third-order valence-corrected chi connectivity index (χ3v) is 13.9. The minimum absolute atomic E-state index is 0.00760. The Morgan fingerprint density at radius 2 is 0.690 bits per heavy atom. The highest BCUT2D eigenvalue weighted by Gasteiger charge is 2.43. The van der Waals surface area contributed by atoms with E-state index in [0.717, 1.165) is 63.2 Å². The number of hydrogen-bond donors (Lipinski definition) is 0. The summed E-state index contributed by atoms with van der Waals surface area (Å²) in [5, 5.41) is 0. The van der Waals surface area contributed by atoms with Crippen molar-refractivity contribution in [2.75, 3.05) is 26.4 Å². The molecule has 0 aliphatic carbocycles. The molecule has 0 amide bonds. The van der Waals surface area contributed by atoms with Crippen LogP contribution in [0.25, 0.3) is 0 Å². The number of benzene rings is 2. The Balaban J connectivity index is 1.85. The van der Waals surface area contributed by atoms with Gasteiger partial charge in [-0.25, -0.2) is 0 Å². The van der Waals surface area contributed by atoms with E-state index in [1.54, 1.807) is 0 Å². The van der Waals surface area contributed by atoms with E-state index in [1.807, 2.05) is 0 Å². The zero-order valence-corrected chi connectivity index (χ0v) is 40.5. The van der Waals surface area contributed by atoms with Crippen molar-refractivity contribution in [3.63, 3.8) is 0 Å². The number of hydrogen-bond acceptors (Lipinski definition) is 4. The summed E-state index contributed by atoms with van der Waals surface area (Å²) in [7, 11) is 0. The summed E-state index contributed by atoms with van der Waals surface area (Å²) in [5.41, 5.74) is 8.05. The monoisotopic (exact) mass is 803 g/mol. The fourth-order valence-corrected chi connectivity index (χ4v) is 8.95. The van der Waals surface area contributed by atoms with E-state index in [0.29, 0.717) is 13.2 Å². The van der Waals surface area contributed by atoms with Crippen molar-refractivity contribution < 1.29 is 18.9 Å². The SMILES string of the molecule is CCCCCC(C)(C)c1cc(CCc2cc(C(C)(C)CCCCC)c(OCC3(C)CO3)c(C(C)(C)CCCCC)c2)cc(C(C)(C)CCCCC)c1OCC1(C)CO1. The molecule has 2 fully saturated rings.